The number of hydrogen-bond acceptors (Lipinski definition) is 2. The van der Waals surface area contributed by atoms with E-state index in [1.807, 2.05) is 39.5 Å². The summed E-state index contributed by atoms with van der Waals surface area (Å²) < 4.78 is 5.79. The monoisotopic (exact) mass is 291 g/mol. The van der Waals surface area contributed by atoms with E-state index >= 15 is 0 Å². The van der Waals surface area contributed by atoms with Gasteiger partial charge < -0.3 is 9.64 Å². The van der Waals surface area contributed by atoms with Crippen molar-refractivity contribution >= 4 is 21.8 Å². The summed E-state index contributed by atoms with van der Waals surface area (Å²) in [6.07, 6.45) is 0.111. The number of carbonyl (C=O) groups is 1. The molecule has 1 amide bonds. The summed E-state index contributed by atoms with van der Waals surface area (Å²) in [5.41, 5.74) is -0.239. The van der Waals surface area contributed by atoms with E-state index in [0.717, 1.165) is 0 Å². The van der Waals surface area contributed by atoms with Gasteiger partial charge in [0.15, 0.2) is 0 Å². The zero-order valence-electron chi connectivity index (χ0n) is 10.8. The highest BCUT2D eigenvalue weighted by Crippen LogP contribution is 2.24. The largest absolute Gasteiger partial charge is 0.369 e. The number of alkyl halides is 1. The first-order valence-corrected chi connectivity index (χ1v) is 6.75. The van der Waals surface area contributed by atoms with Crippen molar-refractivity contribution in [3.63, 3.8) is 0 Å². The molecule has 4 heteroatoms. The lowest BCUT2D eigenvalue weighted by atomic mass is 10.0. The molecular weight excluding hydrogens is 270 g/mol. The Hall–Kier alpha value is -0.0900. The summed E-state index contributed by atoms with van der Waals surface area (Å²) in [5.74, 6) is 0.493. The lowest BCUT2D eigenvalue weighted by Crippen LogP contribution is -2.55. The molecule has 16 heavy (non-hydrogen) atoms. The minimum atomic E-state index is -0.239. The van der Waals surface area contributed by atoms with E-state index in [2.05, 4.69) is 15.9 Å². The zero-order valence-corrected chi connectivity index (χ0v) is 12.4. The fourth-order valence-electron chi connectivity index (χ4n) is 2.08. The average molecular weight is 292 g/mol. The van der Waals surface area contributed by atoms with Crippen LogP contribution in [0.25, 0.3) is 0 Å². The predicted molar refractivity (Wildman–Crippen MR) is 68.8 cm³/mol. The van der Waals surface area contributed by atoms with Gasteiger partial charge in [0.25, 0.3) is 0 Å². The van der Waals surface area contributed by atoms with Crippen LogP contribution in [0.2, 0.25) is 0 Å². The molecule has 0 aromatic carbocycles. The molecule has 0 spiro atoms. The highest BCUT2D eigenvalue weighted by Gasteiger charge is 2.36. The van der Waals surface area contributed by atoms with Crippen molar-refractivity contribution in [2.45, 2.75) is 51.2 Å². The van der Waals surface area contributed by atoms with E-state index in [4.69, 9.17) is 4.74 Å². The number of carbonyl (C=O) groups excluding carboxylic acids is 1. The van der Waals surface area contributed by atoms with Gasteiger partial charge in [-0.25, -0.2) is 0 Å². The van der Waals surface area contributed by atoms with Crippen molar-refractivity contribution in [1.29, 1.82) is 0 Å². The third-order valence-electron chi connectivity index (χ3n) is 2.70. The van der Waals surface area contributed by atoms with Crippen molar-refractivity contribution in [1.82, 2.24) is 4.90 Å². The van der Waals surface area contributed by atoms with Gasteiger partial charge in [0.1, 0.15) is 0 Å². The molecule has 0 bridgehead atoms. The van der Waals surface area contributed by atoms with Gasteiger partial charge in [0.2, 0.25) is 5.91 Å². The van der Waals surface area contributed by atoms with Gasteiger partial charge in [-0.1, -0.05) is 29.8 Å². The fraction of sp³-hybridized carbons (Fsp3) is 0.917. The molecule has 0 aliphatic carbocycles. The van der Waals surface area contributed by atoms with Crippen molar-refractivity contribution in [2.24, 2.45) is 5.92 Å². The maximum Gasteiger partial charge on any atom is 0.236 e. The molecule has 1 aliphatic rings. The summed E-state index contributed by atoms with van der Waals surface area (Å²) in [6, 6.07) is 0. The first-order valence-electron chi connectivity index (χ1n) is 5.83. The number of halogens is 1. The molecule has 0 radical (unpaired) electrons. The number of morpholine rings is 1. The van der Waals surface area contributed by atoms with Crippen molar-refractivity contribution < 1.29 is 9.53 Å². The van der Waals surface area contributed by atoms with Crippen LogP contribution in [0.1, 0.15) is 34.6 Å². The number of nitrogens with zero attached hydrogens (tertiary/aromatic N) is 1. The minimum Gasteiger partial charge on any atom is -0.369 e. The topological polar surface area (TPSA) is 29.5 Å². The van der Waals surface area contributed by atoms with Gasteiger partial charge in [-0.05, 0) is 26.7 Å². The second kappa shape index (κ2) is 5.05. The molecule has 0 saturated carbocycles. The van der Waals surface area contributed by atoms with Crippen LogP contribution in [-0.2, 0) is 9.53 Å². The molecule has 2 unspecified atom stereocenters. The smallest absolute Gasteiger partial charge is 0.236 e. The van der Waals surface area contributed by atoms with Crippen LogP contribution < -0.4 is 0 Å². The summed E-state index contributed by atoms with van der Waals surface area (Å²) in [5, 5.41) is 0. The normalized spacial score (nSPS) is 26.9. The first kappa shape index (κ1) is 14.0. The van der Waals surface area contributed by atoms with Crippen LogP contribution in [0, 0.1) is 5.92 Å². The molecule has 94 valence electrons. The van der Waals surface area contributed by atoms with E-state index in [-0.39, 0.29) is 22.4 Å². The third kappa shape index (κ3) is 3.45. The van der Waals surface area contributed by atoms with Gasteiger partial charge in [-0.2, -0.15) is 0 Å². The second-order valence-electron chi connectivity index (χ2n) is 5.55. The van der Waals surface area contributed by atoms with Crippen LogP contribution >= 0.6 is 15.9 Å². The summed E-state index contributed by atoms with van der Waals surface area (Å²) in [7, 11) is 0. The molecule has 1 aliphatic heterocycles. The Bertz CT molecular complexity index is 266. The van der Waals surface area contributed by atoms with E-state index in [1.54, 1.807) is 0 Å². The molecule has 2 atom stereocenters. The number of hydrogen-bond donors (Lipinski definition) is 0. The summed E-state index contributed by atoms with van der Waals surface area (Å²) in [6.45, 7) is 11.5. The van der Waals surface area contributed by atoms with Crippen LogP contribution in [0.4, 0.5) is 0 Å². The second-order valence-corrected chi connectivity index (χ2v) is 6.54. The Balaban J connectivity index is 2.69. The molecule has 0 aromatic rings. The van der Waals surface area contributed by atoms with Gasteiger partial charge in [-0.15, -0.1) is 0 Å². The van der Waals surface area contributed by atoms with Gasteiger partial charge in [0.05, 0.1) is 16.5 Å². The molecular formula is C12H22BrNO2. The summed E-state index contributed by atoms with van der Waals surface area (Å²) in [4.78, 5) is 14.0. The Morgan fingerprint density at radius 2 is 2.06 bits per heavy atom. The average Bonchev–Trinajstić information content (AvgIpc) is 2.12. The van der Waals surface area contributed by atoms with E-state index in [1.165, 1.54) is 0 Å². The van der Waals surface area contributed by atoms with Crippen LogP contribution in [0.5, 0.6) is 0 Å². The quantitative estimate of drug-likeness (QED) is 0.732. The third-order valence-corrected chi connectivity index (χ3v) is 4.15. The molecule has 1 saturated heterocycles. The maximum absolute atomic E-state index is 12.2. The van der Waals surface area contributed by atoms with Crippen LogP contribution in [-0.4, -0.2) is 40.4 Å². The number of amides is 1. The van der Waals surface area contributed by atoms with E-state index < -0.39 is 0 Å². The lowest BCUT2D eigenvalue weighted by molar-refractivity contribution is -0.158. The zero-order chi connectivity index (χ0) is 12.5. The van der Waals surface area contributed by atoms with Gasteiger partial charge >= 0.3 is 0 Å². The first-order chi connectivity index (χ1) is 7.23. The SMILES string of the molecule is CC1CN(C(=O)C(Br)C(C)C)CC(C)(C)O1. The molecule has 0 aromatic heterocycles. The Labute approximate surface area is 107 Å². The standard InChI is InChI=1S/C12H22BrNO2/c1-8(2)10(13)11(15)14-6-9(3)16-12(4,5)7-14/h8-10H,6-7H2,1-5H3. The van der Waals surface area contributed by atoms with Crippen molar-refractivity contribution in [3.05, 3.63) is 0 Å². The summed E-state index contributed by atoms with van der Waals surface area (Å²) >= 11 is 3.47. The maximum atomic E-state index is 12.2. The number of rotatable bonds is 2. The predicted octanol–water partition coefficient (Wildman–Crippen LogP) is 2.43. The molecule has 1 heterocycles. The lowest BCUT2D eigenvalue weighted by Gasteiger charge is -2.42. The van der Waals surface area contributed by atoms with Crippen molar-refractivity contribution in [3.8, 4) is 0 Å². The van der Waals surface area contributed by atoms with Gasteiger partial charge in [0, 0.05) is 13.1 Å². The highest BCUT2D eigenvalue weighted by atomic mass is 79.9. The highest BCUT2D eigenvalue weighted by molar-refractivity contribution is 9.10. The van der Waals surface area contributed by atoms with Gasteiger partial charge in [-0.3, -0.25) is 4.79 Å². The van der Waals surface area contributed by atoms with Crippen LogP contribution in [0.3, 0.4) is 0 Å². The van der Waals surface area contributed by atoms with E-state index in [9.17, 15) is 4.79 Å². The Morgan fingerprint density at radius 3 is 2.50 bits per heavy atom. The molecule has 1 fully saturated rings. The minimum absolute atomic E-state index is 0.0893. The molecule has 0 N–H and O–H groups in total. The van der Waals surface area contributed by atoms with Crippen molar-refractivity contribution in [2.75, 3.05) is 13.1 Å². The molecule has 3 nitrogen and oxygen atoms in total. The Kier molecular flexibility index (Phi) is 4.41. The van der Waals surface area contributed by atoms with Crippen LogP contribution in [0.15, 0.2) is 0 Å². The van der Waals surface area contributed by atoms with E-state index in [0.29, 0.717) is 19.0 Å². The number of ether oxygens (including phenoxy) is 1. The fourth-order valence-corrected chi connectivity index (χ4v) is 2.37. The molecule has 1 rings (SSSR count). The Morgan fingerprint density at radius 1 is 1.50 bits per heavy atom.